The predicted octanol–water partition coefficient (Wildman–Crippen LogP) is 4.65. The third-order valence-corrected chi connectivity index (χ3v) is 9.61. The van der Waals surface area contributed by atoms with E-state index >= 15 is 0 Å². The summed E-state index contributed by atoms with van der Waals surface area (Å²) in [5, 5.41) is 7.29. The average Bonchev–Trinajstić information content (AvgIpc) is 3.28. The smallest absolute Gasteiger partial charge is 0.375 e. The molecule has 216 valence electrons. The molecule has 4 heterocycles. The molecule has 1 N–H and O–H groups in total. The first-order valence-electron chi connectivity index (χ1n) is 12.7. The van der Waals surface area contributed by atoms with Crippen LogP contribution in [-0.4, -0.2) is 70.1 Å². The molecule has 2 atom stereocenters. The van der Waals surface area contributed by atoms with Crippen molar-refractivity contribution in [2.75, 3.05) is 30.5 Å². The molecular formula is C25H28ClF3N6O4S. The number of benzene rings is 1. The number of likely N-dealkylation sites (tertiary alicyclic amines) is 1. The largest absolute Gasteiger partial charge is 0.413 e. The van der Waals surface area contributed by atoms with Gasteiger partial charge in [0.2, 0.25) is 11.2 Å². The minimum atomic E-state index is -4.73. The maximum absolute atomic E-state index is 14.5. The van der Waals surface area contributed by atoms with Crippen LogP contribution in [0.3, 0.4) is 0 Å². The van der Waals surface area contributed by atoms with E-state index in [9.17, 15) is 26.4 Å². The van der Waals surface area contributed by atoms with Gasteiger partial charge in [-0.1, -0.05) is 12.1 Å². The molecule has 1 aromatic carbocycles. The number of hydrogen-bond donors (Lipinski definition) is 1. The second-order valence-corrected chi connectivity index (χ2v) is 12.9. The van der Waals surface area contributed by atoms with Gasteiger partial charge in [0, 0.05) is 19.3 Å². The number of fused-ring (bicyclic) bond motifs is 1. The van der Waals surface area contributed by atoms with E-state index in [1.807, 2.05) is 0 Å². The van der Waals surface area contributed by atoms with E-state index in [0.29, 0.717) is 29.9 Å². The summed E-state index contributed by atoms with van der Waals surface area (Å²) in [6.45, 7) is 1.73. The number of anilines is 2. The van der Waals surface area contributed by atoms with Crippen LogP contribution in [0.25, 0.3) is 5.78 Å². The van der Waals surface area contributed by atoms with Crippen molar-refractivity contribution in [3.8, 4) is 0 Å². The van der Waals surface area contributed by atoms with Crippen molar-refractivity contribution in [2.45, 2.75) is 50.9 Å². The van der Waals surface area contributed by atoms with Gasteiger partial charge in [-0.3, -0.25) is 4.79 Å². The molecular weight excluding hydrogens is 573 g/mol. The van der Waals surface area contributed by atoms with Crippen LogP contribution in [0.1, 0.15) is 56.0 Å². The zero-order valence-corrected chi connectivity index (χ0v) is 23.4. The highest BCUT2D eigenvalue weighted by molar-refractivity contribution is 7.91. The number of nitrogens with one attached hydrogen (secondary N) is 1. The molecule has 40 heavy (non-hydrogen) atoms. The van der Waals surface area contributed by atoms with Crippen molar-refractivity contribution < 1.29 is 31.1 Å². The lowest BCUT2D eigenvalue weighted by Gasteiger charge is -2.46. The molecule has 2 saturated heterocycles. The summed E-state index contributed by atoms with van der Waals surface area (Å²) in [6.07, 6.45) is -2.80. The third-order valence-electron chi connectivity index (χ3n) is 7.80. The van der Waals surface area contributed by atoms with E-state index in [2.05, 4.69) is 20.4 Å². The van der Waals surface area contributed by atoms with Gasteiger partial charge >= 0.3 is 6.18 Å². The molecule has 0 aliphatic carbocycles. The Morgan fingerprint density at radius 1 is 1.15 bits per heavy atom. The van der Waals surface area contributed by atoms with Gasteiger partial charge in [-0.15, -0.1) is 5.10 Å². The quantitative estimate of drug-likeness (QED) is 0.434. The van der Waals surface area contributed by atoms with E-state index < -0.39 is 39.5 Å². The van der Waals surface area contributed by atoms with E-state index in [1.54, 1.807) is 6.92 Å². The van der Waals surface area contributed by atoms with Crippen LogP contribution < -0.4 is 5.32 Å². The first-order valence-corrected chi connectivity index (χ1v) is 14.9. The van der Waals surface area contributed by atoms with Gasteiger partial charge in [0.25, 0.3) is 5.78 Å². The van der Waals surface area contributed by atoms with Crippen molar-refractivity contribution in [3.05, 3.63) is 47.0 Å². The molecule has 5 rings (SSSR count). The Morgan fingerprint density at radius 3 is 2.45 bits per heavy atom. The number of alkyl halides is 3. The van der Waals surface area contributed by atoms with Crippen molar-refractivity contribution in [2.24, 2.45) is 5.41 Å². The first-order chi connectivity index (χ1) is 18.8. The van der Waals surface area contributed by atoms with Crippen LogP contribution in [0.15, 0.2) is 30.5 Å². The second-order valence-electron chi connectivity index (χ2n) is 10.3. The summed E-state index contributed by atoms with van der Waals surface area (Å²) in [5.74, 6) is -0.733. The van der Waals surface area contributed by atoms with Gasteiger partial charge in [-0.2, -0.15) is 22.7 Å². The molecule has 0 saturated carbocycles. The summed E-state index contributed by atoms with van der Waals surface area (Å²) in [4.78, 5) is 22.6. The molecule has 2 aliphatic rings. The number of amides is 1. The van der Waals surface area contributed by atoms with Crippen molar-refractivity contribution >= 4 is 44.5 Å². The molecule has 3 aromatic rings. The molecule has 2 aliphatic heterocycles. The lowest BCUT2D eigenvalue weighted by molar-refractivity contribution is -0.200. The van der Waals surface area contributed by atoms with Crippen LogP contribution >= 0.6 is 11.6 Å². The maximum Gasteiger partial charge on any atom is 0.413 e. The monoisotopic (exact) mass is 600 g/mol. The van der Waals surface area contributed by atoms with E-state index in [1.165, 1.54) is 42.1 Å². The molecule has 1 amide bonds. The molecule has 15 heteroatoms. The number of rotatable bonds is 6. The number of hydrogen-bond acceptors (Lipinski definition) is 8. The standard InChI is InChI=1S/C25H28ClF3N6O4S/c1-15(39-2)19-18(14-30-23-32-22(26)33-35(19)23)31-17-6-4-16(5-7-17)20(25(27,28)29)34-11-3-8-24(21(34)36)9-12-40(37,38)13-10-24/h4-7,14-15,20,31H,3,8-13H2,1-2H3/t15-,20-/m0/s1. The van der Waals surface area contributed by atoms with Gasteiger partial charge in [0.15, 0.2) is 6.04 Å². The number of carbonyl (C=O) groups excluding carboxylic acids is 1. The van der Waals surface area contributed by atoms with Gasteiger partial charge in [0.05, 0.1) is 40.6 Å². The van der Waals surface area contributed by atoms with Crippen LogP contribution in [0.5, 0.6) is 0 Å². The Hall–Kier alpha value is -2.97. The number of aromatic nitrogens is 4. The number of halogens is 4. The van der Waals surface area contributed by atoms with Gasteiger partial charge in [0.1, 0.15) is 9.84 Å². The minimum absolute atomic E-state index is 0.000592. The van der Waals surface area contributed by atoms with Crippen LogP contribution in [0.4, 0.5) is 24.5 Å². The Balaban J connectivity index is 1.43. The van der Waals surface area contributed by atoms with Crippen molar-refractivity contribution in [1.82, 2.24) is 24.5 Å². The average molecular weight is 601 g/mol. The molecule has 0 bridgehead atoms. The molecule has 0 unspecified atom stereocenters. The Morgan fingerprint density at radius 2 is 1.82 bits per heavy atom. The maximum atomic E-state index is 14.5. The number of carbonyl (C=O) groups is 1. The fraction of sp³-hybridized carbons (Fsp3) is 0.520. The number of ether oxygens (including phenoxy) is 1. The Kier molecular flexibility index (Phi) is 7.46. The summed E-state index contributed by atoms with van der Waals surface area (Å²) >= 11 is 5.94. The molecule has 2 fully saturated rings. The molecule has 1 spiro atoms. The van der Waals surface area contributed by atoms with Crippen molar-refractivity contribution in [3.63, 3.8) is 0 Å². The lowest BCUT2D eigenvalue weighted by Crippen LogP contribution is -2.55. The van der Waals surface area contributed by atoms with Crippen LogP contribution in [-0.2, 0) is 19.4 Å². The molecule has 10 nitrogen and oxygen atoms in total. The van der Waals surface area contributed by atoms with Crippen molar-refractivity contribution in [1.29, 1.82) is 0 Å². The first kappa shape index (κ1) is 28.6. The Labute approximate surface area is 233 Å². The number of methoxy groups -OCH3 is 1. The zero-order chi connectivity index (χ0) is 28.9. The van der Waals surface area contributed by atoms with Crippen LogP contribution in [0, 0.1) is 5.41 Å². The SMILES string of the molecule is CO[C@@H](C)c1c(Nc2ccc([C@H](N3CCCC4(CCS(=O)(=O)CC4)C3=O)C(F)(F)F)cc2)cnc2nc(Cl)nn12. The van der Waals surface area contributed by atoms with Gasteiger partial charge < -0.3 is 15.0 Å². The van der Waals surface area contributed by atoms with E-state index in [4.69, 9.17) is 16.3 Å². The molecule has 2 aromatic heterocycles. The summed E-state index contributed by atoms with van der Waals surface area (Å²) in [6, 6.07) is 3.50. The molecule has 0 radical (unpaired) electrons. The normalized spacial score (nSPS) is 20.6. The number of piperidine rings is 1. The topological polar surface area (TPSA) is 119 Å². The second kappa shape index (κ2) is 10.5. The summed E-state index contributed by atoms with van der Waals surface area (Å²) in [5.41, 5.74) is 0.361. The lowest BCUT2D eigenvalue weighted by atomic mass is 9.73. The zero-order valence-electron chi connectivity index (χ0n) is 21.8. The highest BCUT2D eigenvalue weighted by Crippen LogP contribution is 2.47. The van der Waals surface area contributed by atoms with E-state index in [-0.39, 0.29) is 47.5 Å². The van der Waals surface area contributed by atoms with Gasteiger partial charge in [-0.05, 0) is 61.9 Å². The predicted molar refractivity (Wildman–Crippen MR) is 141 cm³/mol. The number of nitrogens with zero attached hydrogens (tertiary/aromatic N) is 5. The fourth-order valence-corrected chi connectivity index (χ4v) is 7.37. The third kappa shape index (κ3) is 5.36. The highest BCUT2D eigenvalue weighted by atomic mass is 35.5. The van der Waals surface area contributed by atoms with E-state index in [0.717, 1.165) is 4.90 Å². The van der Waals surface area contributed by atoms with Gasteiger partial charge in [-0.25, -0.2) is 13.4 Å². The fourth-order valence-electron chi connectivity index (χ4n) is 5.62. The summed E-state index contributed by atoms with van der Waals surface area (Å²) in [7, 11) is -1.76. The highest BCUT2D eigenvalue weighted by Gasteiger charge is 2.54. The number of sulfone groups is 1. The minimum Gasteiger partial charge on any atom is -0.375 e. The van der Waals surface area contributed by atoms with Crippen LogP contribution in [0.2, 0.25) is 5.28 Å². The summed E-state index contributed by atoms with van der Waals surface area (Å²) < 4.78 is 74.2. The Bertz CT molecular complexity index is 1520.